The fourth-order valence-corrected chi connectivity index (χ4v) is 2.76. The van der Waals surface area contributed by atoms with Crippen LogP contribution in [0.5, 0.6) is 11.5 Å². The Morgan fingerprint density at radius 3 is 2.56 bits per heavy atom. The van der Waals surface area contributed by atoms with Gasteiger partial charge in [0.25, 0.3) is 5.56 Å². The summed E-state index contributed by atoms with van der Waals surface area (Å²) in [5.74, 6) is 1.12. The van der Waals surface area contributed by atoms with Crippen LogP contribution in [0.15, 0.2) is 23.0 Å². The Kier molecular flexibility index (Phi) is 5.08. The van der Waals surface area contributed by atoms with Gasteiger partial charge in [0, 0.05) is 36.7 Å². The zero-order valence-corrected chi connectivity index (χ0v) is 14.3. The first kappa shape index (κ1) is 17.1. The summed E-state index contributed by atoms with van der Waals surface area (Å²) in [5.41, 5.74) is 0.870. The van der Waals surface area contributed by atoms with Crippen molar-refractivity contribution in [2.45, 2.75) is 6.54 Å². The monoisotopic (exact) mass is 347 g/mol. The van der Waals surface area contributed by atoms with E-state index < -0.39 is 0 Å². The molecule has 0 bridgehead atoms. The van der Waals surface area contributed by atoms with Gasteiger partial charge in [-0.1, -0.05) is 0 Å². The minimum absolute atomic E-state index is 0.149. The largest absolute Gasteiger partial charge is 0.493 e. The Morgan fingerprint density at radius 2 is 1.88 bits per heavy atom. The van der Waals surface area contributed by atoms with E-state index in [9.17, 15) is 9.59 Å². The molecule has 0 saturated carbocycles. The number of aromatic nitrogens is 1. The summed E-state index contributed by atoms with van der Waals surface area (Å²) in [5, 5.41) is 3.58. The van der Waals surface area contributed by atoms with Gasteiger partial charge in [-0.05, 0) is 12.1 Å². The maximum Gasteiger partial charge on any atom is 0.317 e. The van der Waals surface area contributed by atoms with E-state index in [-0.39, 0.29) is 18.1 Å². The number of nitrogens with zero attached hydrogens (tertiary/aromatic N) is 1. The molecule has 0 unspecified atom stereocenters. The van der Waals surface area contributed by atoms with E-state index >= 15 is 0 Å². The molecule has 134 valence electrons. The van der Waals surface area contributed by atoms with Crippen molar-refractivity contribution >= 4 is 16.9 Å². The number of carbonyl (C=O) groups excluding carboxylic acids is 1. The smallest absolute Gasteiger partial charge is 0.317 e. The average molecular weight is 347 g/mol. The molecule has 1 aliphatic rings. The van der Waals surface area contributed by atoms with E-state index in [1.165, 1.54) is 7.11 Å². The van der Waals surface area contributed by atoms with Crippen LogP contribution in [-0.2, 0) is 11.3 Å². The molecule has 1 aromatic carbocycles. The second-order valence-corrected chi connectivity index (χ2v) is 5.68. The van der Waals surface area contributed by atoms with Gasteiger partial charge in [-0.15, -0.1) is 0 Å². The Morgan fingerprint density at radius 1 is 1.20 bits per heavy atom. The molecule has 2 aromatic rings. The van der Waals surface area contributed by atoms with Gasteiger partial charge < -0.3 is 29.4 Å². The third kappa shape index (κ3) is 3.69. The van der Waals surface area contributed by atoms with Crippen molar-refractivity contribution in [2.24, 2.45) is 0 Å². The number of hydrogen-bond donors (Lipinski definition) is 2. The second kappa shape index (κ2) is 7.43. The summed E-state index contributed by atoms with van der Waals surface area (Å²) in [4.78, 5) is 28.9. The Balaban J connectivity index is 1.80. The van der Waals surface area contributed by atoms with Crippen LogP contribution in [0.3, 0.4) is 0 Å². The number of urea groups is 1. The predicted molar refractivity (Wildman–Crippen MR) is 92.3 cm³/mol. The van der Waals surface area contributed by atoms with E-state index in [1.807, 2.05) is 0 Å². The normalized spacial score (nSPS) is 14.4. The maximum atomic E-state index is 12.3. The molecule has 1 saturated heterocycles. The number of nitrogens with one attached hydrogen (secondary N) is 2. The summed E-state index contributed by atoms with van der Waals surface area (Å²) >= 11 is 0. The van der Waals surface area contributed by atoms with Crippen molar-refractivity contribution in [3.05, 3.63) is 34.1 Å². The van der Waals surface area contributed by atoms with Crippen molar-refractivity contribution in [2.75, 3.05) is 40.5 Å². The molecule has 2 N–H and O–H groups in total. The van der Waals surface area contributed by atoms with Crippen LogP contribution < -0.4 is 20.3 Å². The lowest BCUT2D eigenvalue weighted by molar-refractivity contribution is 0.0531. The number of ether oxygens (including phenoxy) is 3. The number of aromatic amines is 1. The minimum Gasteiger partial charge on any atom is -0.493 e. The van der Waals surface area contributed by atoms with Gasteiger partial charge in [0.2, 0.25) is 0 Å². The number of carbonyl (C=O) groups is 1. The molecule has 0 aliphatic carbocycles. The van der Waals surface area contributed by atoms with E-state index in [1.54, 1.807) is 30.2 Å². The van der Waals surface area contributed by atoms with Crippen LogP contribution >= 0.6 is 0 Å². The standard InChI is InChI=1S/C17H21N3O5/c1-23-14-8-11-7-12(16(21)19-13(11)9-15(14)24-2)10-18-17(22)20-3-5-25-6-4-20/h7-9H,3-6,10H2,1-2H3,(H,18,22)(H,19,21). The summed E-state index contributed by atoms with van der Waals surface area (Å²) in [6.07, 6.45) is 0. The first-order chi connectivity index (χ1) is 12.1. The molecule has 0 spiro atoms. The quantitative estimate of drug-likeness (QED) is 0.864. The number of morpholine rings is 1. The lowest BCUT2D eigenvalue weighted by atomic mass is 10.1. The number of rotatable bonds is 4. The number of benzene rings is 1. The zero-order chi connectivity index (χ0) is 17.8. The molecule has 0 radical (unpaired) electrons. The highest BCUT2D eigenvalue weighted by molar-refractivity contribution is 5.83. The SMILES string of the molecule is COc1cc2cc(CNC(=O)N3CCOCC3)c(=O)[nH]c2cc1OC. The fraction of sp³-hybridized carbons (Fsp3) is 0.412. The molecule has 3 rings (SSSR count). The molecule has 1 aromatic heterocycles. The highest BCUT2D eigenvalue weighted by Crippen LogP contribution is 2.30. The van der Waals surface area contributed by atoms with E-state index in [4.69, 9.17) is 14.2 Å². The van der Waals surface area contributed by atoms with Gasteiger partial charge >= 0.3 is 6.03 Å². The molecule has 2 amide bonds. The third-order valence-electron chi connectivity index (χ3n) is 4.15. The van der Waals surface area contributed by atoms with Crippen LogP contribution in [-0.4, -0.2) is 56.4 Å². The van der Waals surface area contributed by atoms with Gasteiger partial charge in [-0.3, -0.25) is 4.79 Å². The highest BCUT2D eigenvalue weighted by atomic mass is 16.5. The van der Waals surface area contributed by atoms with Crippen LogP contribution in [0.2, 0.25) is 0 Å². The van der Waals surface area contributed by atoms with E-state index in [0.717, 1.165) is 5.39 Å². The summed E-state index contributed by atoms with van der Waals surface area (Å²) in [6, 6.07) is 5.05. The third-order valence-corrected chi connectivity index (χ3v) is 4.15. The summed E-state index contributed by atoms with van der Waals surface area (Å²) in [6.45, 7) is 2.32. The van der Waals surface area contributed by atoms with Gasteiger partial charge in [-0.25, -0.2) is 4.79 Å². The number of fused-ring (bicyclic) bond motifs is 1. The first-order valence-electron chi connectivity index (χ1n) is 8.01. The average Bonchev–Trinajstić information content (AvgIpc) is 2.65. The lowest BCUT2D eigenvalue weighted by Crippen LogP contribution is -2.46. The molecule has 8 heteroatoms. The number of H-pyrrole nitrogens is 1. The first-order valence-corrected chi connectivity index (χ1v) is 8.01. The van der Waals surface area contributed by atoms with Crippen molar-refractivity contribution in [3.63, 3.8) is 0 Å². The molecule has 8 nitrogen and oxygen atoms in total. The molecule has 1 aliphatic heterocycles. The summed E-state index contributed by atoms with van der Waals surface area (Å²) in [7, 11) is 3.09. The second-order valence-electron chi connectivity index (χ2n) is 5.68. The van der Waals surface area contributed by atoms with Crippen LogP contribution in [0.25, 0.3) is 10.9 Å². The van der Waals surface area contributed by atoms with Crippen LogP contribution in [0.1, 0.15) is 5.56 Å². The molecule has 2 heterocycles. The highest BCUT2D eigenvalue weighted by Gasteiger charge is 2.17. The van der Waals surface area contributed by atoms with Crippen molar-refractivity contribution in [3.8, 4) is 11.5 Å². The number of hydrogen-bond acceptors (Lipinski definition) is 5. The lowest BCUT2D eigenvalue weighted by Gasteiger charge is -2.26. The van der Waals surface area contributed by atoms with Gasteiger partial charge in [-0.2, -0.15) is 0 Å². The molecule has 1 fully saturated rings. The van der Waals surface area contributed by atoms with Crippen molar-refractivity contribution in [1.29, 1.82) is 0 Å². The Hall–Kier alpha value is -2.74. The van der Waals surface area contributed by atoms with Gasteiger partial charge in [0.15, 0.2) is 11.5 Å². The number of amides is 2. The Bertz CT molecular complexity index is 827. The predicted octanol–water partition coefficient (Wildman–Crippen LogP) is 1.09. The topological polar surface area (TPSA) is 92.9 Å². The maximum absolute atomic E-state index is 12.3. The number of methoxy groups -OCH3 is 2. The molecule has 25 heavy (non-hydrogen) atoms. The van der Waals surface area contributed by atoms with Gasteiger partial charge in [0.05, 0.1) is 33.0 Å². The molecular weight excluding hydrogens is 326 g/mol. The minimum atomic E-state index is -0.248. The fourth-order valence-electron chi connectivity index (χ4n) is 2.76. The summed E-state index contributed by atoms with van der Waals surface area (Å²) < 4.78 is 15.7. The van der Waals surface area contributed by atoms with Crippen molar-refractivity contribution < 1.29 is 19.0 Å². The zero-order valence-electron chi connectivity index (χ0n) is 14.3. The van der Waals surface area contributed by atoms with Crippen LogP contribution in [0, 0.1) is 0 Å². The molecular formula is C17H21N3O5. The van der Waals surface area contributed by atoms with E-state index in [0.29, 0.717) is 48.9 Å². The molecule has 0 atom stereocenters. The number of pyridine rings is 1. The Labute approximate surface area is 144 Å². The van der Waals surface area contributed by atoms with Gasteiger partial charge in [0.1, 0.15) is 0 Å². The van der Waals surface area contributed by atoms with E-state index in [2.05, 4.69) is 10.3 Å². The van der Waals surface area contributed by atoms with Crippen LogP contribution in [0.4, 0.5) is 4.79 Å². The van der Waals surface area contributed by atoms with Crippen molar-refractivity contribution in [1.82, 2.24) is 15.2 Å².